The molecule has 1 amide bonds. The van der Waals surface area contributed by atoms with Crippen molar-refractivity contribution in [2.45, 2.75) is 46.5 Å². The lowest BCUT2D eigenvalue weighted by Crippen LogP contribution is -2.37. The fourth-order valence-electron chi connectivity index (χ4n) is 2.03. The van der Waals surface area contributed by atoms with Gasteiger partial charge in [0.25, 0.3) is 0 Å². The summed E-state index contributed by atoms with van der Waals surface area (Å²) in [7, 11) is 1.90. The Morgan fingerprint density at radius 3 is 2.12 bits per heavy atom. The fraction of sp³-hybridized carbons (Fsp3) is 0.923. The van der Waals surface area contributed by atoms with Crippen LogP contribution in [0.1, 0.15) is 46.5 Å². The largest absolute Gasteiger partial charge is 0.345 e. The molecule has 0 heterocycles. The van der Waals surface area contributed by atoms with Crippen molar-refractivity contribution >= 4 is 5.91 Å². The zero-order valence-electron chi connectivity index (χ0n) is 11.3. The summed E-state index contributed by atoms with van der Waals surface area (Å²) in [6, 6.07) is 0. The van der Waals surface area contributed by atoms with E-state index < -0.39 is 0 Å². The van der Waals surface area contributed by atoms with E-state index in [1.54, 1.807) is 0 Å². The third-order valence-electron chi connectivity index (χ3n) is 2.99. The molecule has 0 aliphatic rings. The van der Waals surface area contributed by atoms with Gasteiger partial charge in [-0.25, -0.2) is 0 Å². The van der Waals surface area contributed by atoms with Crippen molar-refractivity contribution in [3.05, 3.63) is 0 Å². The van der Waals surface area contributed by atoms with Crippen molar-refractivity contribution in [2.75, 3.05) is 20.1 Å². The molecule has 1 unspecified atom stereocenters. The van der Waals surface area contributed by atoms with E-state index in [9.17, 15) is 4.79 Å². The number of carbonyl (C=O) groups is 1. The summed E-state index contributed by atoms with van der Waals surface area (Å²) in [4.78, 5) is 14.0. The van der Waals surface area contributed by atoms with E-state index in [1.807, 2.05) is 11.9 Å². The predicted molar refractivity (Wildman–Crippen MR) is 69.2 cm³/mol. The van der Waals surface area contributed by atoms with Gasteiger partial charge >= 0.3 is 0 Å². The maximum atomic E-state index is 12.2. The molecule has 0 fully saturated rings. The summed E-state index contributed by atoms with van der Waals surface area (Å²) in [5.74, 6) is 0.895. The molecular formula is C13H28N2O. The van der Waals surface area contributed by atoms with E-state index in [1.165, 1.54) is 0 Å². The van der Waals surface area contributed by atoms with Gasteiger partial charge in [0.2, 0.25) is 5.91 Å². The summed E-state index contributed by atoms with van der Waals surface area (Å²) in [6.45, 7) is 7.78. The molecule has 0 saturated carbocycles. The van der Waals surface area contributed by atoms with Gasteiger partial charge in [-0.2, -0.15) is 0 Å². The van der Waals surface area contributed by atoms with Gasteiger partial charge < -0.3 is 10.6 Å². The Kier molecular flexibility index (Phi) is 8.26. The number of rotatable bonds is 8. The number of nitrogens with two attached hydrogens (primary N) is 1. The molecule has 0 spiro atoms. The SMILES string of the molecule is CCCC(CCC)C(=O)N(C)CC(C)CN. The smallest absolute Gasteiger partial charge is 0.225 e. The highest BCUT2D eigenvalue weighted by Crippen LogP contribution is 2.16. The van der Waals surface area contributed by atoms with E-state index >= 15 is 0 Å². The predicted octanol–water partition coefficient (Wildman–Crippen LogP) is 2.26. The van der Waals surface area contributed by atoms with E-state index in [0.717, 1.165) is 32.2 Å². The molecule has 2 N–H and O–H groups in total. The lowest BCUT2D eigenvalue weighted by Gasteiger charge is -2.25. The first-order valence-corrected chi connectivity index (χ1v) is 6.51. The molecule has 3 heteroatoms. The van der Waals surface area contributed by atoms with Crippen LogP contribution in [0.4, 0.5) is 0 Å². The summed E-state index contributed by atoms with van der Waals surface area (Å²) < 4.78 is 0. The molecule has 16 heavy (non-hydrogen) atoms. The van der Waals surface area contributed by atoms with Crippen molar-refractivity contribution < 1.29 is 4.79 Å². The number of hydrogen-bond acceptors (Lipinski definition) is 2. The van der Waals surface area contributed by atoms with Crippen LogP contribution >= 0.6 is 0 Å². The average molecular weight is 228 g/mol. The first-order valence-electron chi connectivity index (χ1n) is 6.51. The quantitative estimate of drug-likeness (QED) is 0.692. The molecule has 0 saturated heterocycles. The van der Waals surface area contributed by atoms with E-state index in [-0.39, 0.29) is 5.92 Å². The Bertz CT molecular complexity index is 188. The van der Waals surface area contributed by atoms with E-state index in [2.05, 4.69) is 20.8 Å². The van der Waals surface area contributed by atoms with Gasteiger partial charge in [0.1, 0.15) is 0 Å². The van der Waals surface area contributed by atoms with Gasteiger partial charge in [0.05, 0.1) is 0 Å². The van der Waals surface area contributed by atoms with Gasteiger partial charge in [-0.3, -0.25) is 4.79 Å². The zero-order chi connectivity index (χ0) is 12.6. The average Bonchev–Trinajstić information content (AvgIpc) is 2.27. The van der Waals surface area contributed by atoms with Crippen molar-refractivity contribution in [1.82, 2.24) is 4.90 Å². The van der Waals surface area contributed by atoms with Crippen LogP contribution in [0, 0.1) is 11.8 Å². The van der Waals surface area contributed by atoms with Crippen molar-refractivity contribution in [2.24, 2.45) is 17.6 Å². The summed E-state index contributed by atoms with van der Waals surface area (Å²) >= 11 is 0. The summed E-state index contributed by atoms with van der Waals surface area (Å²) in [5.41, 5.74) is 5.58. The molecule has 0 aromatic carbocycles. The molecule has 3 nitrogen and oxygen atoms in total. The van der Waals surface area contributed by atoms with Gasteiger partial charge in [0, 0.05) is 19.5 Å². The lowest BCUT2D eigenvalue weighted by atomic mass is 9.96. The van der Waals surface area contributed by atoms with Crippen molar-refractivity contribution in [3.63, 3.8) is 0 Å². The summed E-state index contributed by atoms with van der Waals surface area (Å²) in [5, 5.41) is 0. The second-order valence-corrected chi connectivity index (χ2v) is 4.83. The standard InChI is InChI=1S/C13H28N2O/c1-5-7-12(8-6-2)13(16)15(4)10-11(3)9-14/h11-12H,5-10,14H2,1-4H3. The maximum absolute atomic E-state index is 12.2. The highest BCUT2D eigenvalue weighted by atomic mass is 16.2. The molecule has 0 radical (unpaired) electrons. The minimum atomic E-state index is 0.213. The van der Waals surface area contributed by atoms with Crippen LogP contribution in [0.15, 0.2) is 0 Å². The molecule has 0 aromatic heterocycles. The Balaban J connectivity index is 4.24. The second kappa shape index (κ2) is 8.57. The molecule has 0 aliphatic heterocycles. The molecule has 96 valence electrons. The van der Waals surface area contributed by atoms with Gasteiger partial charge in [-0.05, 0) is 25.3 Å². The number of amides is 1. The second-order valence-electron chi connectivity index (χ2n) is 4.83. The van der Waals surface area contributed by atoms with E-state index in [0.29, 0.717) is 18.4 Å². The minimum Gasteiger partial charge on any atom is -0.345 e. The van der Waals surface area contributed by atoms with Crippen LogP contribution in [0.5, 0.6) is 0 Å². The first kappa shape index (κ1) is 15.4. The number of hydrogen-bond donors (Lipinski definition) is 1. The lowest BCUT2D eigenvalue weighted by molar-refractivity contribution is -0.135. The Morgan fingerprint density at radius 2 is 1.75 bits per heavy atom. The normalized spacial score (nSPS) is 12.9. The topological polar surface area (TPSA) is 46.3 Å². The van der Waals surface area contributed by atoms with Crippen LogP contribution < -0.4 is 5.73 Å². The van der Waals surface area contributed by atoms with Crippen LogP contribution in [0.2, 0.25) is 0 Å². The highest BCUT2D eigenvalue weighted by Gasteiger charge is 2.21. The van der Waals surface area contributed by atoms with Crippen LogP contribution in [-0.2, 0) is 4.79 Å². The molecule has 0 rings (SSSR count). The molecule has 0 aliphatic carbocycles. The monoisotopic (exact) mass is 228 g/mol. The molecule has 0 aromatic rings. The first-order chi connectivity index (χ1) is 7.56. The fourth-order valence-corrected chi connectivity index (χ4v) is 2.03. The van der Waals surface area contributed by atoms with Gasteiger partial charge in [0.15, 0.2) is 0 Å². The third-order valence-corrected chi connectivity index (χ3v) is 2.99. The van der Waals surface area contributed by atoms with Gasteiger partial charge in [-0.1, -0.05) is 33.6 Å². The van der Waals surface area contributed by atoms with Crippen LogP contribution in [0.3, 0.4) is 0 Å². The minimum absolute atomic E-state index is 0.213. The molecule has 0 bridgehead atoms. The van der Waals surface area contributed by atoms with Gasteiger partial charge in [-0.15, -0.1) is 0 Å². The zero-order valence-corrected chi connectivity index (χ0v) is 11.3. The number of carbonyl (C=O) groups excluding carboxylic acids is 1. The van der Waals surface area contributed by atoms with Crippen molar-refractivity contribution in [1.29, 1.82) is 0 Å². The van der Waals surface area contributed by atoms with Crippen LogP contribution in [-0.4, -0.2) is 30.9 Å². The van der Waals surface area contributed by atoms with Crippen LogP contribution in [0.25, 0.3) is 0 Å². The van der Waals surface area contributed by atoms with E-state index in [4.69, 9.17) is 5.73 Å². The maximum Gasteiger partial charge on any atom is 0.225 e. The third kappa shape index (κ3) is 5.50. The summed E-state index contributed by atoms with van der Waals surface area (Å²) in [6.07, 6.45) is 4.18. The molecule has 1 atom stereocenters. The Hall–Kier alpha value is -0.570. The Labute approximate surface area is 100 Å². The molecular weight excluding hydrogens is 200 g/mol. The Morgan fingerprint density at radius 1 is 1.25 bits per heavy atom. The van der Waals surface area contributed by atoms with Crippen molar-refractivity contribution in [3.8, 4) is 0 Å². The number of nitrogens with zero attached hydrogens (tertiary/aromatic N) is 1. The highest BCUT2D eigenvalue weighted by molar-refractivity contribution is 5.78.